The number of benzene rings is 1. The third kappa shape index (κ3) is 2.20. The zero-order valence-electron chi connectivity index (χ0n) is 16.3. The highest BCUT2D eigenvalue weighted by molar-refractivity contribution is 5.97. The summed E-state index contributed by atoms with van der Waals surface area (Å²) in [5, 5.41) is 11.4. The summed E-state index contributed by atoms with van der Waals surface area (Å²) in [7, 11) is 1.36. The molecule has 0 spiro atoms. The number of pyridine rings is 2. The zero-order chi connectivity index (χ0) is 21.4. The number of carbonyl (C=O) groups excluding carboxylic acids is 1. The fourth-order valence-corrected chi connectivity index (χ4v) is 4.27. The lowest BCUT2D eigenvalue weighted by Crippen LogP contribution is -2.44. The van der Waals surface area contributed by atoms with Gasteiger partial charge in [-0.15, -0.1) is 0 Å². The normalized spacial score (nSPS) is 19.3. The van der Waals surface area contributed by atoms with Gasteiger partial charge in [-0.05, 0) is 18.6 Å². The fourth-order valence-electron chi connectivity index (χ4n) is 4.27. The van der Waals surface area contributed by atoms with E-state index in [0.717, 1.165) is 0 Å². The number of aromatic nitrogens is 2. The molecule has 0 fully saturated rings. The molecule has 5 rings (SSSR count). The Bertz CT molecular complexity index is 1330. The summed E-state index contributed by atoms with van der Waals surface area (Å²) in [6.07, 6.45) is 0.0485. The second-order valence-electron chi connectivity index (χ2n) is 7.46. The van der Waals surface area contributed by atoms with Gasteiger partial charge in [-0.1, -0.05) is 6.92 Å². The first kappa shape index (κ1) is 18.6. The van der Waals surface area contributed by atoms with Crippen molar-refractivity contribution >= 4 is 22.6 Å². The van der Waals surface area contributed by atoms with Gasteiger partial charge < -0.3 is 24.9 Å². The maximum atomic E-state index is 14.2. The van der Waals surface area contributed by atoms with Crippen LogP contribution in [0.1, 0.15) is 30.0 Å². The predicted molar refractivity (Wildman–Crippen MR) is 105 cm³/mol. The van der Waals surface area contributed by atoms with Crippen LogP contribution in [-0.4, -0.2) is 27.7 Å². The van der Waals surface area contributed by atoms with E-state index in [0.29, 0.717) is 33.5 Å². The predicted octanol–water partition coefficient (Wildman–Crippen LogP) is 1.81. The van der Waals surface area contributed by atoms with Crippen LogP contribution in [0, 0.1) is 5.82 Å². The molecule has 1 aromatic carbocycles. The van der Waals surface area contributed by atoms with Crippen LogP contribution in [0.3, 0.4) is 0 Å². The molecule has 0 bridgehead atoms. The molecule has 30 heavy (non-hydrogen) atoms. The number of nitrogens with two attached hydrogens (primary N) is 1. The number of nitrogens with zero attached hydrogens (tertiary/aromatic N) is 2. The first-order chi connectivity index (χ1) is 14.3. The molecule has 2 aromatic heterocycles. The first-order valence-corrected chi connectivity index (χ1v) is 9.43. The molecule has 3 N–H and O–H groups in total. The molecule has 154 valence electrons. The van der Waals surface area contributed by atoms with Crippen molar-refractivity contribution in [3.05, 3.63) is 51.1 Å². The maximum Gasteiger partial charge on any atom is 0.343 e. The molecule has 0 amide bonds. The van der Waals surface area contributed by atoms with Crippen LogP contribution in [0.4, 0.5) is 10.1 Å². The lowest BCUT2D eigenvalue weighted by Gasteiger charge is -2.31. The minimum Gasteiger partial charge on any atom is -0.494 e. The number of methoxy groups -OCH3 is 1. The van der Waals surface area contributed by atoms with Crippen LogP contribution in [0.2, 0.25) is 0 Å². The van der Waals surface area contributed by atoms with E-state index in [4.69, 9.17) is 15.2 Å². The van der Waals surface area contributed by atoms with E-state index in [2.05, 4.69) is 4.98 Å². The number of esters is 1. The van der Waals surface area contributed by atoms with E-state index in [1.165, 1.54) is 23.8 Å². The quantitative estimate of drug-likeness (QED) is 0.483. The Morgan fingerprint density at radius 2 is 2.10 bits per heavy atom. The molecule has 2 aliphatic heterocycles. The summed E-state index contributed by atoms with van der Waals surface area (Å²) in [4.78, 5) is 29.9. The highest BCUT2D eigenvalue weighted by Gasteiger charge is 2.45. The Morgan fingerprint density at radius 1 is 1.33 bits per heavy atom. The third-order valence-electron chi connectivity index (χ3n) is 6.01. The second-order valence-corrected chi connectivity index (χ2v) is 7.46. The highest BCUT2D eigenvalue weighted by atomic mass is 19.1. The molecule has 0 aliphatic carbocycles. The van der Waals surface area contributed by atoms with E-state index < -0.39 is 17.4 Å². The molecule has 0 saturated carbocycles. The molecule has 8 nitrogen and oxygen atoms in total. The molecule has 3 aromatic rings. The van der Waals surface area contributed by atoms with Crippen molar-refractivity contribution in [3.63, 3.8) is 0 Å². The SMILES string of the molecule is CCC1(O)C(=O)OCc2c1cc1n(c2=O)Cc2c-1nc1cc(F)c(OC)cc1c2N. The number of carbonyl (C=O) groups is 1. The summed E-state index contributed by atoms with van der Waals surface area (Å²) in [6, 6.07) is 4.29. The minimum atomic E-state index is -1.91. The Morgan fingerprint density at radius 3 is 2.80 bits per heavy atom. The molecule has 0 saturated heterocycles. The van der Waals surface area contributed by atoms with Crippen molar-refractivity contribution in [1.82, 2.24) is 9.55 Å². The van der Waals surface area contributed by atoms with Gasteiger partial charge in [0.05, 0.1) is 36.1 Å². The first-order valence-electron chi connectivity index (χ1n) is 9.43. The van der Waals surface area contributed by atoms with E-state index in [1.807, 2.05) is 0 Å². The van der Waals surface area contributed by atoms with Crippen molar-refractivity contribution in [1.29, 1.82) is 0 Å². The van der Waals surface area contributed by atoms with Crippen LogP contribution in [0.5, 0.6) is 5.75 Å². The van der Waals surface area contributed by atoms with E-state index in [9.17, 15) is 19.1 Å². The molecule has 9 heteroatoms. The van der Waals surface area contributed by atoms with Crippen LogP contribution >= 0.6 is 0 Å². The molecule has 0 radical (unpaired) electrons. The Labute approximate surface area is 169 Å². The Hall–Kier alpha value is -3.46. The standard InChI is InChI=1S/C21H18FN3O5/c1-3-21(28)12-5-15-18-10(7-25(15)19(26)11(12)8-30-20(21)27)17(23)9-4-16(29-2)13(22)6-14(9)24-18/h4-6,28H,3,7-8H2,1-2H3,(H2,23,24). The van der Waals surface area contributed by atoms with Crippen molar-refractivity contribution in [3.8, 4) is 17.1 Å². The van der Waals surface area contributed by atoms with Gasteiger partial charge in [0, 0.05) is 28.3 Å². The number of cyclic esters (lactones) is 1. The molecular formula is C21H18FN3O5. The molecule has 1 unspecified atom stereocenters. The van der Waals surface area contributed by atoms with Crippen LogP contribution < -0.4 is 16.0 Å². The Kier molecular flexibility index (Phi) is 3.73. The minimum absolute atomic E-state index is 0.0442. The number of hydrogen-bond donors (Lipinski definition) is 2. The number of fused-ring (bicyclic) bond motifs is 5. The smallest absolute Gasteiger partial charge is 0.343 e. The summed E-state index contributed by atoms with van der Waals surface area (Å²) in [5.74, 6) is -1.33. The number of rotatable bonds is 2. The van der Waals surface area contributed by atoms with Crippen LogP contribution in [0.15, 0.2) is 23.0 Å². The summed E-state index contributed by atoms with van der Waals surface area (Å²) < 4.78 is 25.8. The number of aliphatic hydroxyl groups is 1. The molecule has 4 heterocycles. The maximum absolute atomic E-state index is 14.2. The lowest BCUT2D eigenvalue weighted by molar-refractivity contribution is -0.172. The van der Waals surface area contributed by atoms with Crippen LogP contribution in [0.25, 0.3) is 22.3 Å². The van der Waals surface area contributed by atoms with Crippen molar-refractivity contribution in [2.24, 2.45) is 0 Å². The third-order valence-corrected chi connectivity index (χ3v) is 6.01. The number of ether oxygens (including phenoxy) is 2. The monoisotopic (exact) mass is 411 g/mol. The second kappa shape index (κ2) is 6.02. The molecular weight excluding hydrogens is 393 g/mol. The Balaban J connectivity index is 1.81. The molecule has 2 aliphatic rings. The van der Waals surface area contributed by atoms with Gasteiger partial charge in [-0.25, -0.2) is 14.2 Å². The average molecular weight is 411 g/mol. The molecule has 1 atom stereocenters. The summed E-state index contributed by atoms with van der Waals surface area (Å²) in [6.45, 7) is 1.60. The summed E-state index contributed by atoms with van der Waals surface area (Å²) in [5.41, 5.74) is 6.65. The van der Waals surface area contributed by atoms with Gasteiger partial charge in [0.25, 0.3) is 5.56 Å². The lowest BCUT2D eigenvalue weighted by atomic mass is 9.86. The fraction of sp³-hybridized carbons (Fsp3) is 0.286. The van der Waals surface area contributed by atoms with Crippen LogP contribution in [-0.2, 0) is 28.3 Å². The van der Waals surface area contributed by atoms with Gasteiger partial charge in [-0.3, -0.25) is 4.79 Å². The van der Waals surface area contributed by atoms with Crippen molar-refractivity contribution in [2.45, 2.75) is 32.1 Å². The topological polar surface area (TPSA) is 117 Å². The van der Waals surface area contributed by atoms with Gasteiger partial charge in [0.2, 0.25) is 0 Å². The number of hydrogen-bond acceptors (Lipinski definition) is 7. The zero-order valence-corrected chi connectivity index (χ0v) is 16.3. The van der Waals surface area contributed by atoms with Gasteiger partial charge in [-0.2, -0.15) is 0 Å². The summed E-state index contributed by atoms with van der Waals surface area (Å²) >= 11 is 0. The van der Waals surface area contributed by atoms with Gasteiger partial charge >= 0.3 is 5.97 Å². The number of nitrogen functional groups attached to an aromatic ring is 1. The van der Waals surface area contributed by atoms with Crippen molar-refractivity contribution < 1.29 is 23.8 Å². The number of anilines is 1. The van der Waals surface area contributed by atoms with E-state index in [1.54, 1.807) is 13.0 Å². The highest BCUT2D eigenvalue weighted by Crippen LogP contribution is 2.41. The van der Waals surface area contributed by atoms with E-state index in [-0.39, 0.29) is 42.0 Å². The van der Waals surface area contributed by atoms with E-state index >= 15 is 0 Å². The van der Waals surface area contributed by atoms with Gasteiger partial charge in [0.15, 0.2) is 17.2 Å². The average Bonchev–Trinajstić information content (AvgIpc) is 3.10. The van der Waals surface area contributed by atoms with Crippen molar-refractivity contribution in [2.75, 3.05) is 12.8 Å². The largest absolute Gasteiger partial charge is 0.494 e. The van der Waals surface area contributed by atoms with Gasteiger partial charge in [0.1, 0.15) is 6.61 Å². The number of halogens is 1.